The number of alkyl halides is 2. The Bertz CT molecular complexity index is 1140. The molecule has 0 bridgehead atoms. The number of fused-ring (bicyclic) bond motifs is 1. The van der Waals surface area contributed by atoms with Crippen LogP contribution in [0.2, 0.25) is 0 Å². The molecule has 146 valence electrons. The second-order valence-electron chi connectivity index (χ2n) is 6.88. The van der Waals surface area contributed by atoms with Gasteiger partial charge in [-0.25, -0.2) is 13.8 Å². The molecular weight excluding hydrogens is 372 g/mol. The third-order valence-electron chi connectivity index (χ3n) is 4.79. The summed E-state index contributed by atoms with van der Waals surface area (Å²) in [6.45, 7) is 2.01. The summed E-state index contributed by atoms with van der Waals surface area (Å²) < 4.78 is 25.7. The molecule has 1 amide bonds. The van der Waals surface area contributed by atoms with Crippen LogP contribution >= 0.6 is 0 Å². The lowest BCUT2D eigenvalue weighted by atomic mass is 9.97. The summed E-state index contributed by atoms with van der Waals surface area (Å²) in [7, 11) is 0. The number of hydrogen-bond acceptors (Lipinski definition) is 2. The number of hydrogen-bond donors (Lipinski definition) is 2. The van der Waals surface area contributed by atoms with Crippen LogP contribution in [0, 0.1) is 6.92 Å². The van der Waals surface area contributed by atoms with Crippen molar-refractivity contribution >= 4 is 16.9 Å². The van der Waals surface area contributed by atoms with E-state index in [2.05, 4.69) is 15.3 Å². The van der Waals surface area contributed by atoms with Gasteiger partial charge in [0.1, 0.15) is 0 Å². The lowest BCUT2D eigenvalue weighted by molar-refractivity contribution is 0.0943. The minimum Gasteiger partial charge on any atom is -0.341 e. The van der Waals surface area contributed by atoms with Crippen LogP contribution in [0.4, 0.5) is 8.78 Å². The van der Waals surface area contributed by atoms with E-state index in [0.29, 0.717) is 16.6 Å². The highest BCUT2D eigenvalue weighted by atomic mass is 19.3. The molecule has 3 aromatic carbocycles. The molecule has 2 N–H and O–H groups in total. The fourth-order valence-electron chi connectivity index (χ4n) is 3.25. The molecule has 1 aromatic heterocycles. The monoisotopic (exact) mass is 391 g/mol. The Balaban J connectivity index is 1.65. The van der Waals surface area contributed by atoms with E-state index < -0.39 is 12.2 Å². The highest BCUT2D eigenvalue weighted by molar-refractivity contribution is 5.97. The number of aryl methyl sites for hydroxylation is 1. The number of halogens is 2. The molecule has 29 heavy (non-hydrogen) atoms. The number of aromatic nitrogens is 2. The summed E-state index contributed by atoms with van der Waals surface area (Å²) in [4.78, 5) is 19.4. The van der Waals surface area contributed by atoms with Crippen molar-refractivity contribution in [1.29, 1.82) is 0 Å². The van der Waals surface area contributed by atoms with Gasteiger partial charge in [-0.2, -0.15) is 0 Å². The van der Waals surface area contributed by atoms with Gasteiger partial charge in [0.05, 0.1) is 17.1 Å². The first-order valence-corrected chi connectivity index (χ1v) is 9.21. The third kappa shape index (κ3) is 4.01. The summed E-state index contributed by atoms with van der Waals surface area (Å²) >= 11 is 0. The van der Waals surface area contributed by atoms with Crippen LogP contribution in [0.3, 0.4) is 0 Å². The SMILES string of the molecule is Cc1ccc(C(NC(=O)c2ccc3nc(C(F)F)[nH]c3c2)c2ccccc2)cc1. The zero-order chi connectivity index (χ0) is 20.4. The molecule has 0 saturated heterocycles. The Labute approximate surface area is 166 Å². The van der Waals surface area contributed by atoms with E-state index in [9.17, 15) is 13.6 Å². The van der Waals surface area contributed by atoms with Gasteiger partial charge in [-0.3, -0.25) is 4.79 Å². The molecule has 4 rings (SSSR count). The fourth-order valence-corrected chi connectivity index (χ4v) is 3.25. The highest BCUT2D eigenvalue weighted by Gasteiger charge is 2.19. The maximum atomic E-state index is 13.0. The molecule has 0 spiro atoms. The summed E-state index contributed by atoms with van der Waals surface area (Å²) in [5.41, 5.74) is 4.21. The molecule has 4 aromatic rings. The first-order valence-electron chi connectivity index (χ1n) is 9.21. The maximum absolute atomic E-state index is 13.0. The van der Waals surface area contributed by atoms with E-state index in [1.165, 1.54) is 0 Å². The Morgan fingerprint density at radius 1 is 0.966 bits per heavy atom. The number of rotatable bonds is 5. The largest absolute Gasteiger partial charge is 0.341 e. The van der Waals surface area contributed by atoms with Gasteiger partial charge < -0.3 is 10.3 Å². The molecule has 6 heteroatoms. The van der Waals surface area contributed by atoms with Crippen molar-refractivity contribution in [3.05, 3.63) is 101 Å². The van der Waals surface area contributed by atoms with Crippen molar-refractivity contribution in [3.63, 3.8) is 0 Å². The second-order valence-corrected chi connectivity index (χ2v) is 6.88. The number of aromatic amines is 1. The van der Waals surface area contributed by atoms with Gasteiger partial charge in [0.15, 0.2) is 5.82 Å². The summed E-state index contributed by atoms with van der Waals surface area (Å²) in [5.74, 6) is -0.700. The number of carbonyl (C=O) groups excluding carboxylic acids is 1. The number of carbonyl (C=O) groups is 1. The van der Waals surface area contributed by atoms with Crippen LogP contribution in [0.5, 0.6) is 0 Å². The topological polar surface area (TPSA) is 57.8 Å². The van der Waals surface area contributed by atoms with Crippen LogP contribution in [0.15, 0.2) is 72.8 Å². The van der Waals surface area contributed by atoms with Crippen molar-refractivity contribution in [2.24, 2.45) is 0 Å². The number of nitrogens with one attached hydrogen (secondary N) is 2. The first-order chi connectivity index (χ1) is 14.0. The smallest absolute Gasteiger partial charge is 0.295 e. The standard InChI is InChI=1S/C23H19F2N3O/c1-14-7-9-16(10-8-14)20(15-5-3-2-4-6-15)28-23(29)17-11-12-18-19(13-17)27-22(26-18)21(24)25/h2-13,20-21H,1H3,(H,26,27)(H,28,29). The minimum absolute atomic E-state index is 0.297. The van der Waals surface area contributed by atoms with Crippen LogP contribution in [0.1, 0.15) is 45.3 Å². The van der Waals surface area contributed by atoms with Gasteiger partial charge in [-0.05, 0) is 36.2 Å². The Kier molecular flexibility index (Phi) is 5.08. The number of H-pyrrole nitrogens is 1. The number of nitrogens with zero attached hydrogens (tertiary/aromatic N) is 1. The maximum Gasteiger partial charge on any atom is 0.295 e. The minimum atomic E-state index is -2.69. The Morgan fingerprint density at radius 2 is 1.66 bits per heavy atom. The molecule has 1 heterocycles. The average molecular weight is 391 g/mol. The van der Waals surface area contributed by atoms with Crippen molar-refractivity contribution in [2.75, 3.05) is 0 Å². The normalized spacial score (nSPS) is 12.3. The Morgan fingerprint density at radius 3 is 2.34 bits per heavy atom. The number of imidazole rings is 1. The van der Waals surface area contributed by atoms with Crippen molar-refractivity contribution < 1.29 is 13.6 Å². The van der Waals surface area contributed by atoms with Gasteiger partial charge in [-0.1, -0.05) is 60.2 Å². The molecule has 1 unspecified atom stereocenters. The molecule has 0 fully saturated rings. The molecule has 1 atom stereocenters. The molecule has 0 saturated carbocycles. The van der Waals surface area contributed by atoms with Crippen molar-refractivity contribution in [2.45, 2.75) is 19.4 Å². The van der Waals surface area contributed by atoms with Gasteiger partial charge >= 0.3 is 0 Å². The predicted molar refractivity (Wildman–Crippen MR) is 108 cm³/mol. The van der Waals surface area contributed by atoms with Gasteiger partial charge in [0.2, 0.25) is 0 Å². The van der Waals surface area contributed by atoms with E-state index in [-0.39, 0.29) is 11.9 Å². The van der Waals surface area contributed by atoms with E-state index in [0.717, 1.165) is 16.7 Å². The van der Waals surface area contributed by atoms with Crippen LogP contribution in [-0.2, 0) is 0 Å². The lowest BCUT2D eigenvalue weighted by Gasteiger charge is -2.20. The second kappa shape index (κ2) is 7.83. The zero-order valence-electron chi connectivity index (χ0n) is 15.7. The summed E-state index contributed by atoms with van der Waals surface area (Å²) in [6, 6.07) is 22.0. The first kappa shape index (κ1) is 18.8. The summed E-state index contributed by atoms with van der Waals surface area (Å²) in [6.07, 6.45) is -2.69. The van der Waals surface area contributed by atoms with E-state index >= 15 is 0 Å². The molecular formula is C23H19F2N3O. The Hall–Kier alpha value is -3.54. The zero-order valence-corrected chi connectivity index (χ0v) is 15.7. The van der Waals surface area contributed by atoms with Crippen LogP contribution < -0.4 is 5.32 Å². The van der Waals surface area contributed by atoms with Crippen molar-refractivity contribution in [1.82, 2.24) is 15.3 Å². The number of amides is 1. The van der Waals surface area contributed by atoms with Crippen LogP contribution in [0.25, 0.3) is 11.0 Å². The molecule has 0 radical (unpaired) electrons. The fraction of sp³-hybridized carbons (Fsp3) is 0.130. The lowest BCUT2D eigenvalue weighted by Crippen LogP contribution is -2.29. The van der Waals surface area contributed by atoms with E-state index in [4.69, 9.17) is 0 Å². The van der Waals surface area contributed by atoms with E-state index in [1.54, 1.807) is 18.2 Å². The molecule has 0 aliphatic heterocycles. The van der Waals surface area contributed by atoms with E-state index in [1.807, 2.05) is 61.5 Å². The summed E-state index contributed by atoms with van der Waals surface area (Å²) in [5, 5.41) is 3.06. The average Bonchev–Trinajstić information content (AvgIpc) is 3.17. The highest BCUT2D eigenvalue weighted by Crippen LogP contribution is 2.24. The van der Waals surface area contributed by atoms with Gasteiger partial charge in [0.25, 0.3) is 12.3 Å². The third-order valence-corrected chi connectivity index (χ3v) is 4.79. The van der Waals surface area contributed by atoms with Crippen molar-refractivity contribution in [3.8, 4) is 0 Å². The number of benzene rings is 3. The molecule has 4 nitrogen and oxygen atoms in total. The van der Waals surface area contributed by atoms with Crippen LogP contribution in [-0.4, -0.2) is 15.9 Å². The molecule has 0 aliphatic rings. The molecule has 0 aliphatic carbocycles. The quantitative estimate of drug-likeness (QED) is 0.483. The van der Waals surface area contributed by atoms with Gasteiger partial charge in [0, 0.05) is 5.56 Å². The van der Waals surface area contributed by atoms with Gasteiger partial charge in [-0.15, -0.1) is 0 Å². The predicted octanol–water partition coefficient (Wildman–Crippen LogP) is 5.33.